The van der Waals surface area contributed by atoms with Gasteiger partial charge in [0.05, 0.1) is 17.0 Å². The first-order chi connectivity index (χ1) is 13.5. The second-order valence-electron chi connectivity index (χ2n) is 6.22. The van der Waals surface area contributed by atoms with E-state index in [1.807, 2.05) is 0 Å². The molecule has 0 unspecified atom stereocenters. The Bertz CT molecular complexity index is 1110. The third kappa shape index (κ3) is 3.34. The Labute approximate surface area is 164 Å². The number of rotatable bonds is 4. The first-order valence-electron chi connectivity index (χ1n) is 8.54. The van der Waals surface area contributed by atoms with E-state index in [9.17, 15) is 18.8 Å². The smallest absolute Gasteiger partial charge is 0.234 e. The van der Waals surface area contributed by atoms with Crippen LogP contribution in [0.15, 0.2) is 71.6 Å². The molecule has 1 N–H and O–H groups in total. The molecule has 0 saturated heterocycles. The van der Waals surface area contributed by atoms with Gasteiger partial charge in [-0.25, -0.2) is 4.39 Å². The van der Waals surface area contributed by atoms with Gasteiger partial charge >= 0.3 is 0 Å². The first-order valence-corrected chi connectivity index (χ1v) is 9.53. The van der Waals surface area contributed by atoms with E-state index < -0.39 is 0 Å². The van der Waals surface area contributed by atoms with E-state index in [0.717, 1.165) is 4.90 Å². The highest BCUT2D eigenvalue weighted by Crippen LogP contribution is 2.32. The number of halogens is 1. The largest absolute Gasteiger partial charge is 0.325 e. The number of hydrogen-bond acceptors (Lipinski definition) is 4. The third-order valence-electron chi connectivity index (χ3n) is 4.41. The molecule has 4 rings (SSSR count). The van der Waals surface area contributed by atoms with Crippen molar-refractivity contribution in [1.82, 2.24) is 0 Å². The minimum Gasteiger partial charge on any atom is -0.325 e. The number of carbonyl (C=O) groups excluding carboxylic acids is 3. The van der Waals surface area contributed by atoms with Crippen molar-refractivity contribution in [2.75, 3.05) is 11.1 Å². The molecule has 0 heterocycles. The summed E-state index contributed by atoms with van der Waals surface area (Å²) < 4.78 is 13.0. The van der Waals surface area contributed by atoms with Crippen molar-refractivity contribution in [3.63, 3.8) is 0 Å². The zero-order valence-corrected chi connectivity index (χ0v) is 15.4. The number of anilines is 1. The van der Waals surface area contributed by atoms with Crippen LogP contribution in [0.25, 0.3) is 0 Å². The summed E-state index contributed by atoms with van der Waals surface area (Å²) in [6.07, 6.45) is 0. The van der Waals surface area contributed by atoms with Gasteiger partial charge in [0.2, 0.25) is 5.91 Å². The highest BCUT2D eigenvalue weighted by Gasteiger charge is 2.31. The fourth-order valence-electron chi connectivity index (χ4n) is 3.12. The van der Waals surface area contributed by atoms with Gasteiger partial charge in [-0.1, -0.05) is 36.4 Å². The molecule has 0 aliphatic heterocycles. The van der Waals surface area contributed by atoms with Crippen LogP contribution in [-0.2, 0) is 4.79 Å². The Balaban J connectivity index is 1.56. The molecule has 0 spiro atoms. The van der Waals surface area contributed by atoms with Crippen LogP contribution >= 0.6 is 11.8 Å². The van der Waals surface area contributed by atoms with Crippen LogP contribution in [0.4, 0.5) is 10.1 Å². The predicted molar refractivity (Wildman–Crippen MR) is 106 cm³/mol. The van der Waals surface area contributed by atoms with Gasteiger partial charge in [0, 0.05) is 21.6 Å². The summed E-state index contributed by atoms with van der Waals surface area (Å²) in [5, 5.41) is 2.73. The molecule has 138 valence electrons. The molecule has 0 fully saturated rings. The van der Waals surface area contributed by atoms with Gasteiger partial charge in [0.15, 0.2) is 11.6 Å². The second kappa shape index (κ2) is 7.40. The topological polar surface area (TPSA) is 63.2 Å². The maximum atomic E-state index is 13.0. The molecule has 0 bridgehead atoms. The average molecular weight is 391 g/mol. The SMILES string of the molecule is O=C(CSc1ccc(F)cc1)Nc1cccc2c1C(=O)c1ccccc1C2=O. The number of thioether (sulfide) groups is 1. The Kier molecular flexibility index (Phi) is 4.79. The van der Waals surface area contributed by atoms with Crippen molar-refractivity contribution in [2.45, 2.75) is 4.90 Å². The fourth-order valence-corrected chi connectivity index (χ4v) is 3.81. The fraction of sp³-hybridized carbons (Fsp3) is 0.0455. The van der Waals surface area contributed by atoms with Crippen LogP contribution in [-0.4, -0.2) is 23.2 Å². The predicted octanol–water partition coefficient (Wildman–Crippen LogP) is 4.33. The van der Waals surface area contributed by atoms with Crippen molar-refractivity contribution in [2.24, 2.45) is 0 Å². The lowest BCUT2D eigenvalue weighted by Crippen LogP contribution is -2.24. The van der Waals surface area contributed by atoms with E-state index in [0.29, 0.717) is 16.8 Å². The van der Waals surface area contributed by atoms with Gasteiger partial charge in [-0.15, -0.1) is 11.8 Å². The number of fused-ring (bicyclic) bond motifs is 2. The summed E-state index contributed by atoms with van der Waals surface area (Å²) in [6, 6.07) is 17.3. The first kappa shape index (κ1) is 18.1. The Morgan fingerprint density at radius 3 is 2.18 bits per heavy atom. The lowest BCUT2D eigenvalue weighted by atomic mass is 9.83. The Morgan fingerprint density at radius 1 is 0.821 bits per heavy atom. The van der Waals surface area contributed by atoms with E-state index in [2.05, 4.69) is 5.32 Å². The monoisotopic (exact) mass is 391 g/mol. The summed E-state index contributed by atoms with van der Waals surface area (Å²) in [4.78, 5) is 38.8. The van der Waals surface area contributed by atoms with Crippen LogP contribution in [0, 0.1) is 5.82 Å². The van der Waals surface area contributed by atoms with E-state index in [-0.39, 0.29) is 40.2 Å². The van der Waals surface area contributed by atoms with Gasteiger partial charge in [-0.3, -0.25) is 14.4 Å². The number of hydrogen-bond donors (Lipinski definition) is 1. The summed E-state index contributed by atoms with van der Waals surface area (Å²) >= 11 is 1.25. The van der Waals surface area contributed by atoms with Gasteiger partial charge in [-0.05, 0) is 30.3 Å². The lowest BCUT2D eigenvalue weighted by Gasteiger charge is -2.20. The highest BCUT2D eigenvalue weighted by molar-refractivity contribution is 8.00. The molecule has 3 aromatic carbocycles. The zero-order chi connectivity index (χ0) is 19.7. The molecular formula is C22H14FNO3S. The summed E-state index contributed by atoms with van der Waals surface area (Å²) in [7, 11) is 0. The van der Waals surface area contributed by atoms with E-state index in [1.165, 1.54) is 23.9 Å². The molecule has 1 amide bonds. The zero-order valence-electron chi connectivity index (χ0n) is 14.6. The van der Waals surface area contributed by atoms with Crippen LogP contribution in [0.5, 0.6) is 0 Å². The Hall–Kier alpha value is -3.25. The molecule has 0 saturated carbocycles. The van der Waals surface area contributed by atoms with Gasteiger partial charge in [-0.2, -0.15) is 0 Å². The minimum atomic E-state index is -0.340. The van der Waals surface area contributed by atoms with Crippen molar-refractivity contribution in [3.8, 4) is 0 Å². The molecule has 0 radical (unpaired) electrons. The number of benzene rings is 3. The van der Waals surface area contributed by atoms with Crippen molar-refractivity contribution < 1.29 is 18.8 Å². The van der Waals surface area contributed by atoms with Crippen LogP contribution in [0.3, 0.4) is 0 Å². The molecule has 0 aromatic heterocycles. The van der Waals surface area contributed by atoms with Crippen LogP contribution in [0.2, 0.25) is 0 Å². The van der Waals surface area contributed by atoms with Gasteiger partial charge in [0.25, 0.3) is 0 Å². The molecule has 4 nitrogen and oxygen atoms in total. The molecule has 28 heavy (non-hydrogen) atoms. The molecule has 1 aliphatic rings. The molecule has 0 atom stereocenters. The van der Waals surface area contributed by atoms with Gasteiger partial charge in [0.1, 0.15) is 5.82 Å². The number of amides is 1. The third-order valence-corrected chi connectivity index (χ3v) is 5.42. The average Bonchev–Trinajstić information content (AvgIpc) is 2.71. The number of ketones is 2. The van der Waals surface area contributed by atoms with E-state index >= 15 is 0 Å². The number of carbonyl (C=O) groups is 3. The highest BCUT2D eigenvalue weighted by atomic mass is 32.2. The maximum absolute atomic E-state index is 13.0. The number of nitrogens with one attached hydrogen (secondary N) is 1. The van der Waals surface area contributed by atoms with Crippen molar-refractivity contribution >= 4 is 34.9 Å². The maximum Gasteiger partial charge on any atom is 0.234 e. The molecule has 6 heteroatoms. The molecule has 3 aromatic rings. The lowest BCUT2D eigenvalue weighted by molar-refractivity contribution is -0.113. The summed E-state index contributed by atoms with van der Waals surface area (Å²) in [6.45, 7) is 0. The second-order valence-corrected chi connectivity index (χ2v) is 7.27. The molecule has 1 aliphatic carbocycles. The van der Waals surface area contributed by atoms with E-state index in [4.69, 9.17) is 0 Å². The van der Waals surface area contributed by atoms with Crippen molar-refractivity contribution in [3.05, 3.63) is 94.8 Å². The van der Waals surface area contributed by atoms with E-state index in [1.54, 1.807) is 54.6 Å². The summed E-state index contributed by atoms with van der Waals surface area (Å²) in [5.41, 5.74) is 1.52. The minimum absolute atomic E-state index is 0.0913. The quantitative estimate of drug-likeness (QED) is 0.526. The normalized spacial score (nSPS) is 12.3. The summed E-state index contributed by atoms with van der Waals surface area (Å²) in [5.74, 6) is -1.09. The van der Waals surface area contributed by atoms with Crippen molar-refractivity contribution in [1.29, 1.82) is 0 Å². The van der Waals surface area contributed by atoms with Gasteiger partial charge < -0.3 is 5.32 Å². The van der Waals surface area contributed by atoms with Crippen LogP contribution < -0.4 is 5.32 Å². The van der Waals surface area contributed by atoms with Crippen LogP contribution in [0.1, 0.15) is 31.8 Å². The Morgan fingerprint density at radius 2 is 1.46 bits per heavy atom. The molecular weight excluding hydrogens is 377 g/mol. The standard InChI is InChI=1S/C22H14FNO3S/c23-13-8-10-14(11-9-13)28-12-19(25)24-18-7-3-6-17-20(18)22(27)16-5-2-1-4-15(16)21(17)26/h1-11H,12H2,(H,24,25).